The molecule has 96 valence electrons. The van der Waals surface area contributed by atoms with Crippen molar-refractivity contribution in [3.05, 3.63) is 35.9 Å². The number of carbonyl (C=O) groups excluding carboxylic acids is 1. The zero-order valence-corrected chi connectivity index (χ0v) is 10.1. The fraction of sp³-hybridized carbons (Fsp3) is 0.231. The van der Waals surface area contributed by atoms with E-state index in [0.29, 0.717) is 17.4 Å². The van der Waals surface area contributed by atoms with E-state index in [1.54, 1.807) is 24.3 Å². The van der Waals surface area contributed by atoms with E-state index in [0.717, 1.165) is 0 Å². The van der Waals surface area contributed by atoms with Crippen molar-refractivity contribution in [3.63, 3.8) is 0 Å². The largest absolute Gasteiger partial charge is 0.507 e. The van der Waals surface area contributed by atoms with Gasteiger partial charge in [-0.3, -0.25) is 4.79 Å². The van der Waals surface area contributed by atoms with Gasteiger partial charge in [0.1, 0.15) is 11.5 Å². The molecule has 0 aliphatic heterocycles. The van der Waals surface area contributed by atoms with E-state index >= 15 is 0 Å². The average Bonchev–Trinajstić information content (AvgIpc) is 2.28. The maximum atomic E-state index is 10.9. The highest BCUT2D eigenvalue weighted by molar-refractivity contribution is 6.38. The molecule has 0 aromatic heterocycles. The molecule has 0 spiro atoms. The Labute approximate surface area is 104 Å². The normalized spacial score (nSPS) is 11.4. The van der Waals surface area contributed by atoms with E-state index in [9.17, 15) is 14.7 Å². The lowest BCUT2D eigenvalue weighted by atomic mass is 10.1. The predicted molar refractivity (Wildman–Crippen MR) is 65.5 cm³/mol. The van der Waals surface area contributed by atoms with E-state index in [1.807, 2.05) is 13.8 Å². The lowest BCUT2D eigenvalue weighted by molar-refractivity contribution is -0.146. The van der Waals surface area contributed by atoms with Crippen LogP contribution in [0.25, 0.3) is 5.76 Å². The van der Waals surface area contributed by atoms with Crippen molar-refractivity contribution < 1.29 is 24.5 Å². The topological polar surface area (TPSA) is 83.8 Å². The third-order valence-electron chi connectivity index (χ3n) is 2.00. The number of aliphatic hydroxyl groups excluding tert-OH is 1. The van der Waals surface area contributed by atoms with Gasteiger partial charge in [0, 0.05) is 11.6 Å². The van der Waals surface area contributed by atoms with Gasteiger partial charge < -0.3 is 14.9 Å². The summed E-state index contributed by atoms with van der Waals surface area (Å²) < 4.78 is 5.41. The zero-order valence-electron chi connectivity index (χ0n) is 10.1. The van der Waals surface area contributed by atoms with Crippen LogP contribution in [0.1, 0.15) is 19.4 Å². The molecule has 0 radical (unpaired) electrons. The molecule has 0 aliphatic carbocycles. The van der Waals surface area contributed by atoms with Crippen LogP contribution in [0.4, 0.5) is 0 Å². The average molecular weight is 250 g/mol. The van der Waals surface area contributed by atoms with Gasteiger partial charge in [0.2, 0.25) is 0 Å². The quantitative estimate of drug-likeness (QED) is 0.474. The van der Waals surface area contributed by atoms with E-state index in [1.165, 1.54) is 0 Å². The minimum Gasteiger partial charge on any atom is -0.507 e. The highest BCUT2D eigenvalue weighted by atomic mass is 16.5. The summed E-state index contributed by atoms with van der Waals surface area (Å²) in [4.78, 5) is 21.2. The van der Waals surface area contributed by atoms with Crippen LogP contribution in [0.5, 0.6) is 5.75 Å². The Hall–Kier alpha value is -2.30. The third kappa shape index (κ3) is 3.93. The zero-order chi connectivity index (χ0) is 13.7. The Balaban J connectivity index is 2.85. The van der Waals surface area contributed by atoms with E-state index in [-0.39, 0.29) is 6.10 Å². The number of aliphatic carboxylic acids is 1. The SMILES string of the molecule is CC(C)Oc1ccc(/C(O)=C/C(=O)C(=O)O)cc1. The van der Waals surface area contributed by atoms with Gasteiger partial charge >= 0.3 is 5.97 Å². The lowest BCUT2D eigenvalue weighted by Crippen LogP contribution is -2.09. The molecule has 5 heteroatoms. The fourth-order valence-electron chi connectivity index (χ4n) is 1.25. The first-order valence-electron chi connectivity index (χ1n) is 5.35. The van der Waals surface area contributed by atoms with Crippen molar-refractivity contribution >= 4 is 17.5 Å². The molecule has 0 heterocycles. The summed E-state index contributed by atoms with van der Waals surface area (Å²) in [5, 5.41) is 17.9. The number of carbonyl (C=O) groups is 2. The minimum atomic E-state index is -1.61. The molecule has 0 bridgehead atoms. The molecule has 1 rings (SSSR count). The summed E-state index contributed by atoms with van der Waals surface area (Å²) in [6.07, 6.45) is 0.703. The van der Waals surface area contributed by atoms with Crippen LogP contribution in [0.2, 0.25) is 0 Å². The van der Waals surface area contributed by atoms with Crippen LogP contribution in [-0.4, -0.2) is 28.1 Å². The van der Waals surface area contributed by atoms with Crippen LogP contribution in [0.3, 0.4) is 0 Å². The minimum absolute atomic E-state index is 0.0357. The van der Waals surface area contributed by atoms with Crippen molar-refractivity contribution in [1.82, 2.24) is 0 Å². The Bertz CT molecular complexity index is 471. The number of hydrogen-bond donors (Lipinski definition) is 2. The first-order chi connectivity index (χ1) is 8.40. The Morgan fingerprint density at radius 1 is 1.17 bits per heavy atom. The van der Waals surface area contributed by atoms with Gasteiger partial charge in [-0.2, -0.15) is 0 Å². The molecule has 1 aromatic rings. The first kappa shape index (κ1) is 13.8. The molecular weight excluding hydrogens is 236 g/mol. The van der Waals surface area contributed by atoms with Gasteiger partial charge in [-0.15, -0.1) is 0 Å². The van der Waals surface area contributed by atoms with Crippen LogP contribution in [0, 0.1) is 0 Å². The van der Waals surface area contributed by atoms with Gasteiger partial charge in [-0.1, -0.05) is 0 Å². The van der Waals surface area contributed by atoms with Crippen molar-refractivity contribution in [2.24, 2.45) is 0 Å². The lowest BCUT2D eigenvalue weighted by Gasteiger charge is -2.09. The summed E-state index contributed by atoms with van der Waals surface area (Å²) in [7, 11) is 0. The summed E-state index contributed by atoms with van der Waals surface area (Å²) in [6.45, 7) is 3.77. The maximum absolute atomic E-state index is 10.9. The van der Waals surface area contributed by atoms with Crippen molar-refractivity contribution in [2.45, 2.75) is 20.0 Å². The summed E-state index contributed by atoms with van der Waals surface area (Å²) >= 11 is 0. The van der Waals surface area contributed by atoms with Crippen molar-refractivity contribution in [2.75, 3.05) is 0 Å². The van der Waals surface area contributed by atoms with Gasteiger partial charge in [-0.05, 0) is 38.1 Å². The Kier molecular flexibility index (Phi) is 4.48. The van der Waals surface area contributed by atoms with E-state index < -0.39 is 17.5 Å². The number of ketones is 1. The summed E-state index contributed by atoms with van der Waals surface area (Å²) in [5.41, 5.74) is 0.348. The smallest absolute Gasteiger partial charge is 0.376 e. The van der Waals surface area contributed by atoms with Gasteiger partial charge in [0.25, 0.3) is 5.78 Å². The number of carboxylic acids is 1. The summed E-state index contributed by atoms with van der Waals surface area (Å²) in [5.74, 6) is -2.54. The molecule has 0 unspecified atom stereocenters. The Morgan fingerprint density at radius 3 is 2.17 bits per heavy atom. The maximum Gasteiger partial charge on any atom is 0.376 e. The van der Waals surface area contributed by atoms with Crippen LogP contribution >= 0.6 is 0 Å². The van der Waals surface area contributed by atoms with Crippen molar-refractivity contribution in [1.29, 1.82) is 0 Å². The van der Waals surface area contributed by atoms with Gasteiger partial charge in [0.05, 0.1) is 6.10 Å². The van der Waals surface area contributed by atoms with Crippen LogP contribution < -0.4 is 4.74 Å². The molecule has 0 amide bonds. The number of carboxylic acid groups (broad SMARTS) is 1. The molecule has 2 N–H and O–H groups in total. The third-order valence-corrected chi connectivity index (χ3v) is 2.00. The molecule has 0 saturated carbocycles. The van der Waals surface area contributed by atoms with Crippen molar-refractivity contribution in [3.8, 4) is 5.75 Å². The monoisotopic (exact) mass is 250 g/mol. The molecule has 0 atom stereocenters. The fourth-order valence-corrected chi connectivity index (χ4v) is 1.25. The number of benzene rings is 1. The second-order valence-corrected chi connectivity index (χ2v) is 3.89. The van der Waals surface area contributed by atoms with Gasteiger partial charge in [-0.25, -0.2) is 4.79 Å². The number of aliphatic hydroxyl groups is 1. The summed E-state index contributed by atoms with van der Waals surface area (Å²) in [6, 6.07) is 6.34. The molecular formula is C13H14O5. The molecule has 1 aromatic carbocycles. The van der Waals surface area contributed by atoms with E-state index in [2.05, 4.69) is 0 Å². The second kappa shape index (κ2) is 5.86. The standard InChI is InChI=1S/C13H14O5/c1-8(2)18-10-5-3-9(4-6-10)11(14)7-12(15)13(16)17/h3-8,14H,1-2H3,(H,16,17)/b11-7-. The highest BCUT2D eigenvalue weighted by Crippen LogP contribution is 2.18. The van der Waals surface area contributed by atoms with E-state index in [4.69, 9.17) is 9.84 Å². The number of ether oxygens (including phenoxy) is 1. The molecule has 0 fully saturated rings. The molecule has 0 aliphatic rings. The molecule has 0 saturated heterocycles. The molecule has 5 nitrogen and oxygen atoms in total. The number of rotatable bonds is 5. The predicted octanol–water partition coefficient (Wildman–Crippen LogP) is 2.03. The van der Waals surface area contributed by atoms with Crippen LogP contribution in [0.15, 0.2) is 30.3 Å². The Morgan fingerprint density at radius 2 is 1.72 bits per heavy atom. The van der Waals surface area contributed by atoms with Gasteiger partial charge in [0.15, 0.2) is 0 Å². The first-order valence-corrected chi connectivity index (χ1v) is 5.35. The highest BCUT2D eigenvalue weighted by Gasteiger charge is 2.10. The second-order valence-electron chi connectivity index (χ2n) is 3.89. The van der Waals surface area contributed by atoms with Crippen LogP contribution in [-0.2, 0) is 9.59 Å². The number of hydrogen-bond acceptors (Lipinski definition) is 4. The molecule has 18 heavy (non-hydrogen) atoms.